The summed E-state index contributed by atoms with van der Waals surface area (Å²) >= 11 is 3.51. The Bertz CT molecular complexity index is 863. The minimum absolute atomic E-state index is 0.0556. The van der Waals surface area contributed by atoms with Gasteiger partial charge in [0, 0.05) is 11.0 Å². The van der Waals surface area contributed by atoms with Crippen LogP contribution >= 0.6 is 15.9 Å². The lowest BCUT2D eigenvalue weighted by Crippen LogP contribution is -2.15. The van der Waals surface area contributed by atoms with Crippen molar-refractivity contribution in [2.75, 3.05) is 0 Å². The maximum absolute atomic E-state index is 3.51. The summed E-state index contributed by atoms with van der Waals surface area (Å²) in [5.41, 5.74) is 8.11. The van der Waals surface area contributed by atoms with E-state index in [9.17, 15) is 0 Å². The van der Waals surface area contributed by atoms with Crippen molar-refractivity contribution in [3.05, 3.63) is 87.9 Å². The molecule has 1 heteroatoms. The van der Waals surface area contributed by atoms with E-state index in [-0.39, 0.29) is 5.41 Å². The highest BCUT2D eigenvalue weighted by molar-refractivity contribution is 9.11. The Morgan fingerprint density at radius 2 is 1.73 bits per heavy atom. The fourth-order valence-electron chi connectivity index (χ4n) is 3.50. The van der Waals surface area contributed by atoms with E-state index in [2.05, 4.69) is 90.5 Å². The Labute approximate surface area is 140 Å². The van der Waals surface area contributed by atoms with E-state index in [0.717, 1.165) is 4.48 Å². The molecular weight excluding hydrogens is 332 g/mol. The summed E-state index contributed by atoms with van der Waals surface area (Å²) < 4.78 is 0.994. The van der Waals surface area contributed by atoms with Crippen LogP contribution in [0.15, 0.2) is 65.2 Å². The van der Waals surface area contributed by atoms with Gasteiger partial charge in [-0.3, -0.25) is 0 Å². The van der Waals surface area contributed by atoms with Crippen LogP contribution in [0.25, 0.3) is 16.7 Å². The van der Waals surface area contributed by atoms with Crippen LogP contribution in [0.4, 0.5) is 0 Å². The first-order valence-corrected chi connectivity index (χ1v) is 8.29. The van der Waals surface area contributed by atoms with Gasteiger partial charge >= 0.3 is 0 Å². The molecule has 0 radical (unpaired) electrons. The van der Waals surface area contributed by atoms with Crippen molar-refractivity contribution in [3.63, 3.8) is 0 Å². The van der Waals surface area contributed by atoms with Gasteiger partial charge in [0.1, 0.15) is 6.08 Å². The second kappa shape index (κ2) is 4.78. The second-order valence-corrected chi connectivity index (χ2v) is 7.21. The molecule has 0 unspecified atom stereocenters. The maximum Gasteiger partial charge on any atom is 0.181 e. The van der Waals surface area contributed by atoms with Crippen molar-refractivity contribution in [1.82, 2.24) is 0 Å². The first-order valence-electron chi connectivity index (χ1n) is 7.49. The van der Waals surface area contributed by atoms with Crippen LogP contribution < -0.4 is 0 Å². The monoisotopic (exact) mass is 347 g/mol. The summed E-state index contributed by atoms with van der Waals surface area (Å²) in [6, 6.07) is 15.6. The maximum atomic E-state index is 3.51. The van der Waals surface area contributed by atoms with Gasteiger partial charge in [-0.25, -0.2) is 0 Å². The van der Waals surface area contributed by atoms with Gasteiger partial charge in [0.2, 0.25) is 0 Å². The third-order valence-electron chi connectivity index (χ3n) is 4.68. The molecule has 0 aliphatic heterocycles. The Morgan fingerprint density at radius 1 is 0.955 bits per heavy atom. The molecule has 0 N–H and O–H groups in total. The second-order valence-electron chi connectivity index (χ2n) is 6.36. The minimum Gasteiger partial charge on any atom is -0.0619 e. The van der Waals surface area contributed by atoms with E-state index >= 15 is 0 Å². The van der Waals surface area contributed by atoms with Crippen LogP contribution in [0, 0.1) is 6.08 Å². The van der Waals surface area contributed by atoms with Crippen molar-refractivity contribution >= 4 is 21.5 Å². The van der Waals surface area contributed by atoms with Gasteiger partial charge in [0.15, 0.2) is 4.48 Å². The van der Waals surface area contributed by atoms with Gasteiger partial charge in [-0.1, -0.05) is 50.2 Å². The molecule has 2 aliphatic rings. The molecule has 0 saturated carbocycles. The minimum atomic E-state index is 0.0556. The van der Waals surface area contributed by atoms with Crippen molar-refractivity contribution in [3.8, 4) is 11.1 Å². The smallest absolute Gasteiger partial charge is 0.0619 e. The number of hydrogen-bond donors (Lipinski definition) is 0. The first-order chi connectivity index (χ1) is 10.6. The molecule has 0 fully saturated rings. The van der Waals surface area contributed by atoms with Gasteiger partial charge in [-0.05, 0) is 44.3 Å². The summed E-state index contributed by atoms with van der Waals surface area (Å²) in [7, 11) is 0. The van der Waals surface area contributed by atoms with E-state index < -0.39 is 0 Å². The zero-order chi connectivity index (χ0) is 15.3. The molecule has 0 nitrogen and oxygen atoms in total. The van der Waals surface area contributed by atoms with E-state index in [0.29, 0.717) is 0 Å². The third-order valence-corrected chi connectivity index (χ3v) is 5.14. The van der Waals surface area contributed by atoms with Gasteiger partial charge < -0.3 is 0 Å². The number of rotatable bonds is 1. The lowest BCUT2D eigenvalue weighted by molar-refractivity contribution is 0.660. The fraction of sp³-hybridized carbons (Fsp3) is 0.143. The number of fused-ring (bicyclic) bond motifs is 3. The van der Waals surface area contributed by atoms with E-state index in [4.69, 9.17) is 0 Å². The van der Waals surface area contributed by atoms with Crippen molar-refractivity contribution in [2.24, 2.45) is 0 Å². The molecule has 2 aromatic carbocycles. The lowest BCUT2D eigenvalue weighted by atomic mass is 9.81. The van der Waals surface area contributed by atoms with E-state index in [1.807, 2.05) is 6.08 Å². The standard InChI is InChI=1S/C21H16Br/c1-21(2)19-9-4-3-8-17(19)18-11-10-15(13-20(18)21)14-6-5-7-16(22)12-14/h3-6,8-13H,1-2H3/q+1. The molecule has 0 heterocycles. The molecule has 2 aromatic rings. The molecule has 2 aliphatic carbocycles. The molecule has 0 atom stereocenters. The normalized spacial score (nSPS) is 17.2. The first kappa shape index (κ1) is 13.7. The SMILES string of the molecule is CC1(C)c2ccccc2-c2ccc(C3=CC(Br)=[C+]C=C3)cc21. The molecule has 0 spiro atoms. The molecule has 0 bridgehead atoms. The fourth-order valence-corrected chi connectivity index (χ4v) is 3.88. The van der Waals surface area contributed by atoms with Crippen molar-refractivity contribution in [1.29, 1.82) is 0 Å². The third kappa shape index (κ3) is 1.94. The summed E-state index contributed by atoms with van der Waals surface area (Å²) in [5, 5.41) is 0. The van der Waals surface area contributed by atoms with Crippen molar-refractivity contribution in [2.45, 2.75) is 19.3 Å². The highest BCUT2D eigenvalue weighted by Crippen LogP contribution is 2.49. The number of halogens is 1. The molecule has 106 valence electrons. The molecule has 0 saturated heterocycles. The van der Waals surface area contributed by atoms with E-state index in [1.54, 1.807) is 0 Å². The summed E-state index contributed by atoms with van der Waals surface area (Å²) in [6.07, 6.45) is 9.34. The average molecular weight is 348 g/mol. The Balaban J connectivity index is 1.90. The van der Waals surface area contributed by atoms with Crippen LogP contribution in [0.2, 0.25) is 0 Å². The molecule has 0 aromatic heterocycles. The Kier molecular flexibility index (Phi) is 2.97. The van der Waals surface area contributed by atoms with E-state index in [1.165, 1.54) is 33.4 Å². The molecule has 22 heavy (non-hydrogen) atoms. The zero-order valence-electron chi connectivity index (χ0n) is 12.7. The predicted octanol–water partition coefficient (Wildman–Crippen LogP) is 6.03. The molecule has 4 rings (SSSR count). The summed E-state index contributed by atoms with van der Waals surface area (Å²) in [5.74, 6) is 0. The average Bonchev–Trinajstić information content (AvgIpc) is 2.76. The number of benzene rings is 2. The highest BCUT2D eigenvalue weighted by atomic mass is 79.9. The van der Waals surface area contributed by atoms with Crippen LogP contribution in [0.1, 0.15) is 30.5 Å². The lowest BCUT2D eigenvalue weighted by Gasteiger charge is -2.21. The number of allylic oxidation sites excluding steroid dienone is 6. The van der Waals surface area contributed by atoms with Crippen molar-refractivity contribution < 1.29 is 0 Å². The van der Waals surface area contributed by atoms with Crippen LogP contribution in [0.3, 0.4) is 0 Å². The predicted molar refractivity (Wildman–Crippen MR) is 96.8 cm³/mol. The quantitative estimate of drug-likeness (QED) is 0.552. The molecular formula is C21H16Br+. The summed E-state index contributed by atoms with van der Waals surface area (Å²) in [6.45, 7) is 4.63. The number of hydrogen-bond acceptors (Lipinski definition) is 0. The van der Waals surface area contributed by atoms with Crippen LogP contribution in [-0.4, -0.2) is 0 Å². The van der Waals surface area contributed by atoms with Gasteiger partial charge in [0.25, 0.3) is 0 Å². The van der Waals surface area contributed by atoms with Crippen LogP contribution in [0.5, 0.6) is 0 Å². The summed E-state index contributed by atoms with van der Waals surface area (Å²) in [4.78, 5) is 0. The Hall–Kier alpha value is -1.95. The highest BCUT2D eigenvalue weighted by Gasteiger charge is 2.35. The van der Waals surface area contributed by atoms with Gasteiger partial charge in [0.05, 0.1) is 23.8 Å². The Morgan fingerprint density at radius 3 is 2.55 bits per heavy atom. The molecule has 0 amide bonds. The van der Waals surface area contributed by atoms with Gasteiger partial charge in [-0.15, -0.1) is 0 Å². The largest absolute Gasteiger partial charge is 0.181 e. The zero-order valence-corrected chi connectivity index (χ0v) is 14.2. The topological polar surface area (TPSA) is 0 Å². The van der Waals surface area contributed by atoms with Gasteiger partial charge in [-0.2, -0.15) is 0 Å². The van der Waals surface area contributed by atoms with Crippen LogP contribution in [-0.2, 0) is 5.41 Å².